The van der Waals surface area contributed by atoms with Gasteiger partial charge in [0, 0.05) is 32.2 Å². The van der Waals surface area contributed by atoms with E-state index in [0.29, 0.717) is 25.3 Å². The monoisotopic (exact) mass is 761 g/mol. The van der Waals surface area contributed by atoms with E-state index in [0.717, 1.165) is 63.1 Å². The highest BCUT2D eigenvalue weighted by molar-refractivity contribution is 5.91. The summed E-state index contributed by atoms with van der Waals surface area (Å²) in [5.74, 6) is 1.09. The van der Waals surface area contributed by atoms with Crippen LogP contribution in [-0.2, 0) is 19.0 Å². The molecule has 0 saturated carbocycles. The van der Waals surface area contributed by atoms with Crippen LogP contribution < -0.4 is 5.32 Å². The van der Waals surface area contributed by atoms with Crippen LogP contribution in [0.1, 0.15) is 77.6 Å². The summed E-state index contributed by atoms with van der Waals surface area (Å²) in [6, 6.07) is 19.9. The number of hydrogen-bond donors (Lipinski definition) is 3. The summed E-state index contributed by atoms with van der Waals surface area (Å²) in [7, 11) is 2.92. The third-order valence-electron chi connectivity index (χ3n) is 10.7. The SMILES string of the molecule is COC(=O)NC(C(=O)N1CC(OC)CC1c1ncc(-c2ccc(-c3ccc4cc(-c5cnc(C6CCCN6C(=O)OC(C)(C)C)[nH]5)ccc4c3)cc2)[nH]1)C(C)C. The summed E-state index contributed by atoms with van der Waals surface area (Å²) >= 11 is 0. The first-order valence-electron chi connectivity index (χ1n) is 19.2. The average molecular weight is 762 g/mol. The summed E-state index contributed by atoms with van der Waals surface area (Å²) < 4.78 is 16.1. The molecule has 4 atom stereocenters. The van der Waals surface area contributed by atoms with Crippen LogP contribution in [0.25, 0.3) is 44.4 Å². The van der Waals surface area contributed by atoms with Gasteiger partial charge in [0.15, 0.2) is 0 Å². The summed E-state index contributed by atoms with van der Waals surface area (Å²) in [6.45, 7) is 10.5. The van der Waals surface area contributed by atoms with Gasteiger partial charge in [-0.1, -0.05) is 62.4 Å². The molecule has 3 aromatic carbocycles. The number of imidazole rings is 2. The Kier molecular flexibility index (Phi) is 10.9. The van der Waals surface area contributed by atoms with Crippen LogP contribution in [0.5, 0.6) is 0 Å². The molecule has 3 N–H and O–H groups in total. The van der Waals surface area contributed by atoms with Crippen LogP contribution in [0.3, 0.4) is 0 Å². The molecule has 294 valence electrons. The summed E-state index contributed by atoms with van der Waals surface area (Å²) in [5.41, 5.74) is 5.36. The molecule has 13 nitrogen and oxygen atoms in total. The van der Waals surface area contributed by atoms with Crippen LogP contribution in [0.2, 0.25) is 0 Å². The molecule has 4 unspecified atom stereocenters. The van der Waals surface area contributed by atoms with Crippen molar-refractivity contribution in [1.82, 2.24) is 35.1 Å². The zero-order valence-electron chi connectivity index (χ0n) is 33.1. The number of carbonyl (C=O) groups is 3. The molecule has 2 aliphatic heterocycles. The molecule has 0 radical (unpaired) electrons. The Bertz CT molecular complexity index is 2200. The lowest BCUT2D eigenvalue weighted by molar-refractivity contribution is -0.135. The standard InChI is InChI=1S/C43H51N7O6/c1-25(2)37(48-41(52)55-7)40(51)50-24-32(54-6)21-36(50)39-45-22-33(46-39)27-12-10-26(11-13-27)28-14-15-30-20-31(17-16-29(30)19-28)34-23-44-38(47-34)35-9-8-18-49(35)42(53)56-43(3,4)5/h10-17,19-20,22-23,25,32,35-37H,8-9,18,21,24H2,1-7H3,(H,44,47)(H,45,46)(H,48,52). The van der Waals surface area contributed by atoms with E-state index < -0.39 is 17.7 Å². The van der Waals surface area contributed by atoms with Crippen molar-refractivity contribution in [1.29, 1.82) is 0 Å². The lowest BCUT2D eigenvalue weighted by Gasteiger charge is -2.29. The van der Waals surface area contributed by atoms with Gasteiger partial charge in [0.05, 0.1) is 49.1 Å². The molecule has 2 fully saturated rings. The highest BCUT2D eigenvalue weighted by Crippen LogP contribution is 2.36. The van der Waals surface area contributed by atoms with Gasteiger partial charge in [0.2, 0.25) is 5.91 Å². The molecule has 2 saturated heterocycles. The number of fused-ring (bicyclic) bond motifs is 1. The number of aromatic amines is 2. The summed E-state index contributed by atoms with van der Waals surface area (Å²) in [4.78, 5) is 58.5. The molecule has 2 aliphatic rings. The van der Waals surface area contributed by atoms with E-state index in [2.05, 4.69) is 80.9 Å². The molecule has 2 aromatic heterocycles. The number of rotatable bonds is 9. The van der Waals surface area contributed by atoms with E-state index in [-0.39, 0.29) is 36.1 Å². The fourth-order valence-electron chi connectivity index (χ4n) is 7.68. The average Bonchev–Trinajstić information content (AvgIpc) is 4.01. The first kappa shape index (κ1) is 38.6. The molecule has 13 heteroatoms. The number of benzene rings is 3. The fourth-order valence-corrected chi connectivity index (χ4v) is 7.68. The van der Waals surface area contributed by atoms with Crippen molar-refractivity contribution in [2.75, 3.05) is 27.3 Å². The molecule has 7 rings (SSSR count). The van der Waals surface area contributed by atoms with Crippen molar-refractivity contribution in [3.8, 4) is 33.6 Å². The number of hydrogen-bond acceptors (Lipinski definition) is 8. The minimum Gasteiger partial charge on any atom is -0.453 e. The van der Waals surface area contributed by atoms with Crippen molar-refractivity contribution in [2.45, 2.75) is 83.7 Å². The van der Waals surface area contributed by atoms with Gasteiger partial charge in [-0.3, -0.25) is 9.69 Å². The Morgan fingerprint density at radius 3 is 2.02 bits per heavy atom. The van der Waals surface area contributed by atoms with Crippen molar-refractivity contribution in [3.63, 3.8) is 0 Å². The van der Waals surface area contributed by atoms with Gasteiger partial charge in [-0.25, -0.2) is 19.6 Å². The number of likely N-dealkylation sites (tertiary alicyclic amines) is 2. The molecule has 56 heavy (non-hydrogen) atoms. The van der Waals surface area contributed by atoms with Gasteiger partial charge in [0.25, 0.3) is 0 Å². The minimum absolute atomic E-state index is 0.138. The van der Waals surface area contributed by atoms with E-state index in [1.165, 1.54) is 7.11 Å². The van der Waals surface area contributed by atoms with E-state index in [1.807, 2.05) is 40.8 Å². The molecule has 5 aromatic rings. The number of nitrogens with zero attached hydrogens (tertiary/aromatic N) is 4. The highest BCUT2D eigenvalue weighted by atomic mass is 16.6. The number of nitrogens with one attached hydrogen (secondary N) is 3. The fraction of sp³-hybridized carbons (Fsp3) is 0.419. The zero-order chi connectivity index (χ0) is 39.7. The third-order valence-corrected chi connectivity index (χ3v) is 10.7. The molecular formula is C43H51N7O6. The maximum absolute atomic E-state index is 13.7. The van der Waals surface area contributed by atoms with E-state index in [9.17, 15) is 14.4 Å². The van der Waals surface area contributed by atoms with Crippen molar-refractivity contribution in [3.05, 3.63) is 84.7 Å². The van der Waals surface area contributed by atoms with Gasteiger partial charge in [0.1, 0.15) is 23.3 Å². The number of methoxy groups -OCH3 is 2. The second-order valence-corrected chi connectivity index (χ2v) is 16.0. The van der Waals surface area contributed by atoms with Crippen molar-refractivity contribution in [2.24, 2.45) is 5.92 Å². The Morgan fingerprint density at radius 1 is 0.804 bits per heavy atom. The van der Waals surface area contributed by atoms with Gasteiger partial charge < -0.3 is 34.4 Å². The quantitative estimate of drug-likeness (QED) is 0.136. The van der Waals surface area contributed by atoms with Crippen molar-refractivity contribution >= 4 is 28.9 Å². The van der Waals surface area contributed by atoms with E-state index in [4.69, 9.17) is 19.2 Å². The van der Waals surface area contributed by atoms with Crippen LogP contribution in [-0.4, -0.2) is 92.9 Å². The smallest absolute Gasteiger partial charge is 0.410 e. The Labute approximate surface area is 327 Å². The Balaban J connectivity index is 1.04. The molecule has 4 heterocycles. The van der Waals surface area contributed by atoms with E-state index >= 15 is 0 Å². The normalized spacial score (nSPS) is 19.1. The van der Waals surface area contributed by atoms with Crippen LogP contribution in [0, 0.1) is 5.92 Å². The second kappa shape index (κ2) is 15.8. The molecule has 0 bridgehead atoms. The molecule has 3 amide bonds. The predicted molar refractivity (Wildman–Crippen MR) is 213 cm³/mol. The highest BCUT2D eigenvalue weighted by Gasteiger charge is 2.42. The Morgan fingerprint density at radius 2 is 1.39 bits per heavy atom. The largest absolute Gasteiger partial charge is 0.453 e. The van der Waals surface area contributed by atoms with Crippen LogP contribution >= 0.6 is 0 Å². The van der Waals surface area contributed by atoms with E-state index in [1.54, 1.807) is 23.1 Å². The number of carbonyl (C=O) groups excluding carboxylic acids is 3. The molecule has 0 spiro atoms. The molecule has 0 aliphatic carbocycles. The first-order valence-corrected chi connectivity index (χ1v) is 19.2. The maximum atomic E-state index is 13.7. The third kappa shape index (κ3) is 8.13. The van der Waals surface area contributed by atoms with Gasteiger partial charge in [-0.15, -0.1) is 0 Å². The number of aromatic nitrogens is 4. The van der Waals surface area contributed by atoms with Gasteiger partial charge >= 0.3 is 12.2 Å². The number of amides is 3. The predicted octanol–water partition coefficient (Wildman–Crippen LogP) is 8.03. The molecular weight excluding hydrogens is 711 g/mol. The van der Waals surface area contributed by atoms with Crippen LogP contribution in [0.15, 0.2) is 73.1 Å². The van der Waals surface area contributed by atoms with Gasteiger partial charge in [-0.05, 0) is 79.1 Å². The van der Waals surface area contributed by atoms with Crippen molar-refractivity contribution < 1.29 is 28.6 Å². The number of H-pyrrole nitrogens is 2. The maximum Gasteiger partial charge on any atom is 0.410 e. The van der Waals surface area contributed by atoms with Gasteiger partial charge in [-0.2, -0.15) is 0 Å². The number of alkyl carbamates (subject to hydrolysis) is 1. The number of ether oxygens (including phenoxy) is 3. The topological polar surface area (TPSA) is 155 Å². The minimum atomic E-state index is -0.745. The first-order chi connectivity index (χ1) is 26.8. The lowest BCUT2D eigenvalue weighted by Crippen LogP contribution is -2.51. The summed E-state index contributed by atoms with van der Waals surface area (Å²) in [5, 5.41) is 4.92. The Hall–Kier alpha value is -5.69. The van der Waals surface area contributed by atoms with Crippen LogP contribution in [0.4, 0.5) is 9.59 Å². The second-order valence-electron chi connectivity index (χ2n) is 16.0. The summed E-state index contributed by atoms with van der Waals surface area (Å²) in [6.07, 6.45) is 4.85. The lowest BCUT2D eigenvalue weighted by atomic mass is 9.98. The zero-order valence-corrected chi connectivity index (χ0v) is 33.1.